The van der Waals surface area contributed by atoms with E-state index in [9.17, 15) is 0 Å². The van der Waals surface area contributed by atoms with E-state index in [4.69, 9.17) is 14.2 Å². The second-order valence-corrected chi connectivity index (χ2v) is 5.11. The number of aromatic nitrogens is 1. The van der Waals surface area contributed by atoms with Crippen LogP contribution in [-0.2, 0) is 20.2 Å². The summed E-state index contributed by atoms with van der Waals surface area (Å²) in [6.07, 6.45) is 1.69. The van der Waals surface area contributed by atoms with Crippen LogP contribution >= 0.6 is 31.9 Å². The van der Waals surface area contributed by atoms with E-state index in [1.165, 1.54) is 0 Å². The first-order valence-corrected chi connectivity index (χ1v) is 7.41. The van der Waals surface area contributed by atoms with Gasteiger partial charge in [-0.3, -0.25) is 4.98 Å². The molecule has 0 spiro atoms. The fourth-order valence-corrected chi connectivity index (χ4v) is 2.77. The van der Waals surface area contributed by atoms with E-state index < -0.39 is 5.97 Å². The van der Waals surface area contributed by atoms with Gasteiger partial charge in [0.15, 0.2) is 0 Å². The zero-order valence-corrected chi connectivity index (χ0v) is 13.9. The summed E-state index contributed by atoms with van der Waals surface area (Å²) in [5.41, 5.74) is 0.580. The Morgan fingerprint density at radius 3 is 1.94 bits per heavy atom. The predicted octanol–water partition coefficient (Wildman–Crippen LogP) is 3.83. The standard InChI is InChI=1S/C12H17Br2NO3/c1-4-16-12(17-5-2,18-6-3)11-10(14)7-9(13)8-15-11/h7-8H,4-6H2,1-3H3. The van der Waals surface area contributed by atoms with Crippen LogP contribution in [0.3, 0.4) is 0 Å². The van der Waals surface area contributed by atoms with Crippen molar-refractivity contribution >= 4 is 31.9 Å². The van der Waals surface area contributed by atoms with Crippen molar-refractivity contribution < 1.29 is 14.2 Å². The van der Waals surface area contributed by atoms with Gasteiger partial charge in [0.25, 0.3) is 0 Å². The summed E-state index contributed by atoms with van der Waals surface area (Å²) >= 11 is 6.83. The molecule has 18 heavy (non-hydrogen) atoms. The molecule has 0 atom stereocenters. The molecule has 6 heteroatoms. The first-order chi connectivity index (χ1) is 8.59. The molecule has 1 aromatic heterocycles. The lowest BCUT2D eigenvalue weighted by Gasteiger charge is -2.32. The van der Waals surface area contributed by atoms with Crippen LogP contribution in [0.4, 0.5) is 0 Å². The Labute approximate surface area is 124 Å². The van der Waals surface area contributed by atoms with Crippen molar-refractivity contribution in [3.05, 3.63) is 26.9 Å². The molecule has 4 nitrogen and oxygen atoms in total. The maximum absolute atomic E-state index is 5.66. The third-order valence-electron chi connectivity index (χ3n) is 2.10. The quantitative estimate of drug-likeness (QED) is 0.672. The SMILES string of the molecule is CCOC(OCC)(OCC)c1ncc(Br)cc1Br. The number of pyridine rings is 1. The van der Waals surface area contributed by atoms with Crippen LogP contribution in [0.15, 0.2) is 21.2 Å². The third kappa shape index (κ3) is 3.74. The Hall–Kier alpha value is -0.0100. The van der Waals surface area contributed by atoms with Crippen LogP contribution in [0.5, 0.6) is 0 Å². The van der Waals surface area contributed by atoms with Gasteiger partial charge in [0.05, 0.1) is 19.8 Å². The maximum atomic E-state index is 5.66. The van der Waals surface area contributed by atoms with Gasteiger partial charge in [-0.25, -0.2) is 0 Å². The lowest BCUT2D eigenvalue weighted by Crippen LogP contribution is -2.38. The fraction of sp³-hybridized carbons (Fsp3) is 0.583. The van der Waals surface area contributed by atoms with E-state index in [1.807, 2.05) is 26.8 Å². The van der Waals surface area contributed by atoms with Gasteiger partial charge in [-0.1, -0.05) is 0 Å². The van der Waals surface area contributed by atoms with Crippen LogP contribution in [0.1, 0.15) is 26.5 Å². The highest BCUT2D eigenvalue weighted by Gasteiger charge is 2.38. The summed E-state index contributed by atoms with van der Waals surface area (Å²) in [5, 5.41) is 0. The molecule has 1 heterocycles. The maximum Gasteiger partial charge on any atom is 0.331 e. The molecule has 0 saturated carbocycles. The van der Waals surface area contributed by atoms with Gasteiger partial charge in [0.1, 0.15) is 5.69 Å². The summed E-state index contributed by atoms with van der Waals surface area (Å²) in [4.78, 5) is 4.34. The predicted molar refractivity (Wildman–Crippen MR) is 76.2 cm³/mol. The lowest BCUT2D eigenvalue weighted by molar-refractivity contribution is -0.391. The minimum absolute atomic E-state index is 0.462. The van der Waals surface area contributed by atoms with Gasteiger partial charge in [-0.15, -0.1) is 0 Å². The van der Waals surface area contributed by atoms with Crippen LogP contribution in [0.2, 0.25) is 0 Å². The van der Waals surface area contributed by atoms with E-state index in [1.54, 1.807) is 6.20 Å². The summed E-state index contributed by atoms with van der Waals surface area (Å²) in [6, 6.07) is 1.88. The van der Waals surface area contributed by atoms with Crippen molar-refractivity contribution in [1.29, 1.82) is 0 Å². The Morgan fingerprint density at radius 1 is 1.06 bits per heavy atom. The molecule has 0 amide bonds. The van der Waals surface area contributed by atoms with Crippen molar-refractivity contribution in [2.75, 3.05) is 19.8 Å². The Kier molecular flexibility index (Phi) is 6.73. The molecule has 0 aliphatic rings. The lowest BCUT2D eigenvalue weighted by atomic mass is 10.3. The third-order valence-corrected chi connectivity index (χ3v) is 3.14. The Morgan fingerprint density at radius 2 is 1.56 bits per heavy atom. The van der Waals surface area contributed by atoms with Crippen molar-refractivity contribution in [3.8, 4) is 0 Å². The first-order valence-electron chi connectivity index (χ1n) is 5.83. The largest absolute Gasteiger partial charge is 0.331 e. The van der Waals surface area contributed by atoms with Crippen LogP contribution < -0.4 is 0 Å². The van der Waals surface area contributed by atoms with E-state index in [0.29, 0.717) is 25.5 Å². The number of nitrogens with zero attached hydrogens (tertiary/aromatic N) is 1. The second kappa shape index (κ2) is 7.55. The molecule has 0 aliphatic heterocycles. The van der Waals surface area contributed by atoms with Gasteiger partial charge in [0, 0.05) is 15.1 Å². The Balaban J connectivity index is 3.21. The highest BCUT2D eigenvalue weighted by atomic mass is 79.9. The molecule has 0 unspecified atom stereocenters. The van der Waals surface area contributed by atoms with E-state index in [2.05, 4.69) is 36.8 Å². The molecule has 1 aromatic rings. The molecule has 0 bridgehead atoms. The van der Waals surface area contributed by atoms with Crippen LogP contribution in [0, 0.1) is 0 Å². The minimum Gasteiger partial charge on any atom is -0.323 e. The first kappa shape index (κ1) is 16.0. The number of ether oxygens (including phenoxy) is 3. The van der Waals surface area contributed by atoms with Crippen molar-refractivity contribution in [3.63, 3.8) is 0 Å². The monoisotopic (exact) mass is 381 g/mol. The molecular weight excluding hydrogens is 366 g/mol. The molecule has 1 rings (SSSR count). The molecule has 0 radical (unpaired) electrons. The smallest absolute Gasteiger partial charge is 0.323 e. The van der Waals surface area contributed by atoms with Gasteiger partial charge >= 0.3 is 5.97 Å². The average Bonchev–Trinajstić information content (AvgIpc) is 2.29. The molecule has 0 aliphatic carbocycles. The second-order valence-electron chi connectivity index (χ2n) is 3.34. The number of hydrogen-bond donors (Lipinski definition) is 0. The summed E-state index contributed by atoms with van der Waals surface area (Å²) in [6.45, 7) is 7.05. The molecule has 0 saturated heterocycles. The molecule has 0 fully saturated rings. The summed E-state index contributed by atoms with van der Waals surface area (Å²) in [7, 11) is 0. The normalized spacial score (nSPS) is 11.8. The highest BCUT2D eigenvalue weighted by molar-refractivity contribution is 9.11. The van der Waals surface area contributed by atoms with Gasteiger partial charge in [-0.05, 0) is 58.7 Å². The van der Waals surface area contributed by atoms with Gasteiger partial charge in [-0.2, -0.15) is 0 Å². The topological polar surface area (TPSA) is 40.6 Å². The minimum atomic E-state index is -1.25. The number of rotatable bonds is 7. The molecule has 102 valence electrons. The fourth-order valence-electron chi connectivity index (χ4n) is 1.54. The van der Waals surface area contributed by atoms with E-state index in [0.717, 1.165) is 8.95 Å². The van der Waals surface area contributed by atoms with Crippen molar-refractivity contribution in [2.24, 2.45) is 0 Å². The van der Waals surface area contributed by atoms with Crippen LogP contribution in [-0.4, -0.2) is 24.8 Å². The zero-order valence-electron chi connectivity index (χ0n) is 10.7. The number of hydrogen-bond acceptors (Lipinski definition) is 4. The number of halogens is 2. The molecule has 0 aromatic carbocycles. The summed E-state index contributed by atoms with van der Waals surface area (Å²) < 4.78 is 18.6. The zero-order chi connectivity index (χ0) is 13.6. The molecule has 0 N–H and O–H groups in total. The van der Waals surface area contributed by atoms with Crippen LogP contribution in [0.25, 0.3) is 0 Å². The average molecular weight is 383 g/mol. The summed E-state index contributed by atoms with van der Waals surface area (Å²) in [5.74, 6) is -1.25. The molecular formula is C12H17Br2NO3. The van der Waals surface area contributed by atoms with Crippen molar-refractivity contribution in [2.45, 2.75) is 26.7 Å². The van der Waals surface area contributed by atoms with E-state index >= 15 is 0 Å². The highest BCUT2D eigenvalue weighted by Crippen LogP contribution is 2.34. The van der Waals surface area contributed by atoms with Crippen molar-refractivity contribution in [1.82, 2.24) is 4.98 Å². The van der Waals surface area contributed by atoms with Gasteiger partial charge < -0.3 is 14.2 Å². The van der Waals surface area contributed by atoms with Gasteiger partial charge in [0.2, 0.25) is 0 Å². The van der Waals surface area contributed by atoms with E-state index in [-0.39, 0.29) is 0 Å². The Bertz CT molecular complexity index is 371.